The first-order chi connectivity index (χ1) is 13.1. The summed E-state index contributed by atoms with van der Waals surface area (Å²) in [5.74, 6) is -2.04. The molecule has 0 unspecified atom stereocenters. The Morgan fingerprint density at radius 3 is 2.39 bits per heavy atom. The molecular formula is C20H21FN2O5. The largest absolute Gasteiger partial charge is 0.452 e. The van der Waals surface area contributed by atoms with Gasteiger partial charge < -0.3 is 14.8 Å². The van der Waals surface area contributed by atoms with Gasteiger partial charge in [-0.15, -0.1) is 0 Å². The molecule has 0 bridgehead atoms. The van der Waals surface area contributed by atoms with Gasteiger partial charge >= 0.3 is 12.1 Å². The zero-order valence-electron chi connectivity index (χ0n) is 15.7. The van der Waals surface area contributed by atoms with Gasteiger partial charge in [-0.25, -0.2) is 14.0 Å². The fraction of sp³-hybridized carbons (Fsp3) is 0.250. The summed E-state index contributed by atoms with van der Waals surface area (Å²) in [5.41, 5.74) is -0.203. The van der Waals surface area contributed by atoms with Crippen molar-refractivity contribution in [1.29, 1.82) is 0 Å². The van der Waals surface area contributed by atoms with Crippen LogP contribution in [0.1, 0.15) is 31.1 Å². The Balaban J connectivity index is 1.91. The van der Waals surface area contributed by atoms with Crippen LogP contribution in [0.2, 0.25) is 0 Å². The lowest BCUT2D eigenvalue weighted by Gasteiger charge is -2.19. The monoisotopic (exact) mass is 388 g/mol. The Hall–Kier alpha value is -3.42. The first-order valence-corrected chi connectivity index (χ1v) is 8.45. The van der Waals surface area contributed by atoms with E-state index in [1.54, 1.807) is 39.0 Å². The molecule has 0 aliphatic rings. The van der Waals surface area contributed by atoms with E-state index in [1.807, 2.05) is 0 Å². The first-order valence-electron chi connectivity index (χ1n) is 8.45. The fourth-order valence-electron chi connectivity index (χ4n) is 2.11. The molecule has 28 heavy (non-hydrogen) atoms. The molecule has 0 aliphatic heterocycles. The number of carbonyl (C=O) groups is 3. The normalized spacial score (nSPS) is 10.7. The third kappa shape index (κ3) is 6.71. The molecule has 148 valence electrons. The van der Waals surface area contributed by atoms with Crippen molar-refractivity contribution in [3.63, 3.8) is 0 Å². The van der Waals surface area contributed by atoms with Crippen molar-refractivity contribution < 1.29 is 28.2 Å². The van der Waals surface area contributed by atoms with Gasteiger partial charge in [0.05, 0.1) is 11.3 Å². The van der Waals surface area contributed by atoms with Crippen LogP contribution in [0.4, 0.5) is 20.6 Å². The maximum Gasteiger partial charge on any atom is 0.412 e. The summed E-state index contributed by atoms with van der Waals surface area (Å²) in [4.78, 5) is 35.7. The second-order valence-electron chi connectivity index (χ2n) is 6.81. The third-order valence-corrected chi connectivity index (χ3v) is 3.23. The summed E-state index contributed by atoms with van der Waals surface area (Å²) >= 11 is 0. The lowest BCUT2D eigenvalue weighted by atomic mass is 10.2. The molecule has 0 heterocycles. The maximum absolute atomic E-state index is 13.5. The summed E-state index contributed by atoms with van der Waals surface area (Å²) in [6.45, 7) is 4.60. The highest BCUT2D eigenvalue weighted by Gasteiger charge is 2.17. The van der Waals surface area contributed by atoms with E-state index >= 15 is 0 Å². The summed E-state index contributed by atoms with van der Waals surface area (Å²) in [6.07, 6.45) is -0.665. The van der Waals surface area contributed by atoms with Crippen molar-refractivity contribution in [2.45, 2.75) is 26.4 Å². The molecule has 0 radical (unpaired) electrons. The van der Waals surface area contributed by atoms with Crippen molar-refractivity contribution in [2.24, 2.45) is 0 Å². The van der Waals surface area contributed by atoms with Crippen molar-refractivity contribution >= 4 is 29.3 Å². The standard InChI is InChI=1S/C20H21FN2O5/c1-20(2,3)28-19(26)22-14-8-6-7-13(11-14)18(25)27-12-17(24)23-16-10-5-4-9-15(16)21/h4-11H,12H2,1-3H3,(H,22,26)(H,23,24). The Kier molecular flexibility index (Phi) is 6.70. The van der Waals surface area contributed by atoms with E-state index in [-0.39, 0.29) is 11.3 Å². The predicted molar refractivity (Wildman–Crippen MR) is 102 cm³/mol. The molecule has 0 atom stereocenters. The van der Waals surface area contributed by atoms with Crippen LogP contribution in [0.5, 0.6) is 0 Å². The summed E-state index contributed by atoms with van der Waals surface area (Å²) in [5, 5.41) is 4.82. The lowest BCUT2D eigenvalue weighted by molar-refractivity contribution is -0.119. The van der Waals surface area contributed by atoms with Crippen molar-refractivity contribution in [3.8, 4) is 0 Å². The van der Waals surface area contributed by atoms with Crippen molar-refractivity contribution in [1.82, 2.24) is 0 Å². The zero-order chi connectivity index (χ0) is 20.7. The van der Waals surface area contributed by atoms with Gasteiger partial charge in [0.25, 0.3) is 5.91 Å². The van der Waals surface area contributed by atoms with Gasteiger partial charge in [0.1, 0.15) is 11.4 Å². The maximum atomic E-state index is 13.5. The van der Waals surface area contributed by atoms with Crippen LogP contribution in [-0.4, -0.2) is 30.2 Å². The lowest BCUT2D eigenvalue weighted by Crippen LogP contribution is -2.27. The number of carbonyl (C=O) groups excluding carboxylic acids is 3. The SMILES string of the molecule is CC(C)(C)OC(=O)Nc1cccc(C(=O)OCC(=O)Nc2ccccc2F)c1. The van der Waals surface area contributed by atoms with E-state index in [9.17, 15) is 18.8 Å². The predicted octanol–water partition coefficient (Wildman–Crippen LogP) is 3.97. The second-order valence-corrected chi connectivity index (χ2v) is 6.81. The molecule has 0 aliphatic carbocycles. The topological polar surface area (TPSA) is 93.7 Å². The number of hydrogen-bond acceptors (Lipinski definition) is 5. The van der Waals surface area contributed by atoms with Gasteiger partial charge in [0, 0.05) is 5.69 Å². The zero-order valence-corrected chi connectivity index (χ0v) is 15.7. The number of hydrogen-bond donors (Lipinski definition) is 2. The minimum atomic E-state index is -0.767. The molecule has 2 aromatic carbocycles. The highest BCUT2D eigenvalue weighted by Crippen LogP contribution is 2.15. The molecule has 0 fully saturated rings. The van der Waals surface area contributed by atoms with E-state index in [2.05, 4.69) is 10.6 Å². The van der Waals surface area contributed by atoms with E-state index in [0.29, 0.717) is 5.69 Å². The van der Waals surface area contributed by atoms with Gasteiger partial charge in [-0.3, -0.25) is 10.1 Å². The molecule has 2 amide bonds. The fourth-order valence-corrected chi connectivity index (χ4v) is 2.11. The van der Waals surface area contributed by atoms with Crippen LogP contribution in [0.15, 0.2) is 48.5 Å². The molecule has 2 aromatic rings. The highest BCUT2D eigenvalue weighted by molar-refractivity contribution is 5.96. The molecule has 0 spiro atoms. The van der Waals surface area contributed by atoms with Gasteiger partial charge in [-0.05, 0) is 51.1 Å². The van der Waals surface area contributed by atoms with Gasteiger partial charge in [-0.2, -0.15) is 0 Å². The van der Waals surface area contributed by atoms with Crippen molar-refractivity contribution in [2.75, 3.05) is 17.2 Å². The van der Waals surface area contributed by atoms with Crippen LogP contribution < -0.4 is 10.6 Å². The van der Waals surface area contributed by atoms with Crippen molar-refractivity contribution in [3.05, 3.63) is 59.9 Å². The minimum Gasteiger partial charge on any atom is -0.452 e. The minimum absolute atomic E-state index is 0.00731. The Labute approximate surface area is 161 Å². The smallest absolute Gasteiger partial charge is 0.412 e. The average Bonchev–Trinajstić information content (AvgIpc) is 2.60. The van der Waals surface area contributed by atoms with Crippen LogP contribution >= 0.6 is 0 Å². The van der Waals surface area contributed by atoms with Crippen LogP contribution in [0, 0.1) is 5.82 Å². The second kappa shape index (κ2) is 8.98. The quantitative estimate of drug-likeness (QED) is 0.756. The van der Waals surface area contributed by atoms with Gasteiger partial charge in [0.2, 0.25) is 0 Å². The van der Waals surface area contributed by atoms with E-state index in [0.717, 1.165) is 0 Å². The van der Waals surface area contributed by atoms with E-state index in [1.165, 1.54) is 30.3 Å². The Morgan fingerprint density at radius 1 is 1.00 bits per heavy atom. The van der Waals surface area contributed by atoms with Crippen LogP contribution in [-0.2, 0) is 14.3 Å². The van der Waals surface area contributed by atoms with E-state index in [4.69, 9.17) is 9.47 Å². The number of para-hydroxylation sites is 1. The summed E-state index contributed by atoms with van der Waals surface area (Å²) in [7, 11) is 0. The number of amides is 2. The summed E-state index contributed by atoms with van der Waals surface area (Å²) < 4.78 is 23.6. The average molecular weight is 388 g/mol. The van der Waals surface area contributed by atoms with Crippen LogP contribution in [0.25, 0.3) is 0 Å². The van der Waals surface area contributed by atoms with Gasteiger partial charge in [0.15, 0.2) is 6.61 Å². The molecule has 0 saturated heterocycles. The molecule has 0 aromatic heterocycles. The number of anilines is 2. The number of benzene rings is 2. The summed E-state index contributed by atoms with van der Waals surface area (Å²) in [6, 6.07) is 11.6. The number of rotatable bonds is 5. The third-order valence-electron chi connectivity index (χ3n) is 3.23. The number of esters is 1. The molecule has 7 nitrogen and oxygen atoms in total. The Bertz CT molecular complexity index is 877. The molecule has 2 N–H and O–H groups in total. The number of halogens is 1. The highest BCUT2D eigenvalue weighted by atomic mass is 19.1. The Morgan fingerprint density at radius 2 is 1.71 bits per heavy atom. The molecule has 2 rings (SSSR count). The molecule has 8 heteroatoms. The van der Waals surface area contributed by atoms with Gasteiger partial charge in [-0.1, -0.05) is 18.2 Å². The number of nitrogens with one attached hydrogen (secondary N) is 2. The molecule has 0 saturated carbocycles. The first kappa shape index (κ1) is 20.9. The van der Waals surface area contributed by atoms with Crippen LogP contribution in [0.3, 0.4) is 0 Å². The number of ether oxygens (including phenoxy) is 2. The van der Waals surface area contributed by atoms with E-state index < -0.39 is 36.0 Å². The molecular weight excluding hydrogens is 367 g/mol.